The Morgan fingerprint density at radius 3 is 1.41 bits per heavy atom. The molecule has 118 valence electrons. The first-order valence-corrected chi connectivity index (χ1v) is 7.39. The fourth-order valence-corrected chi connectivity index (χ4v) is 1.47. The van der Waals surface area contributed by atoms with Crippen LogP contribution >= 0.6 is 0 Å². The van der Waals surface area contributed by atoms with Crippen molar-refractivity contribution in [2.75, 3.05) is 26.4 Å². The molecule has 0 aromatic heterocycles. The second-order valence-corrected chi connectivity index (χ2v) is 4.94. The van der Waals surface area contributed by atoms with E-state index < -0.39 is 0 Å². The SMILES string of the molecule is C(OCC1CO1)C1CO1.Oc1ccccc1.c1ccccc1. The van der Waals surface area contributed by atoms with Crippen LogP contribution in [0.3, 0.4) is 0 Å². The van der Waals surface area contributed by atoms with Crippen molar-refractivity contribution in [2.45, 2.75) is 12.2 Å². The van der Waals surface area contributed by atoms with Crippen LogP contribution in [0.25, 0.3) is 0 Å². The van der Waals surface area contributed by atoms with Crippen molar-refractivity contribution in [3.63, 3.8) is 0 Å². The van der Waals surface area contributed by atoms with Gasteiger partial charge in [0.05, 0.1) is 26.4 Å². The number of phenols is 1. The molecule has 2 fully saturated rings. The van der Waals surface area contributed by atoms with E-state index in [0.717, 1.165) is 26.4 Å². The first-order chi connectivity index (χ1) is 10.8. The maximum Gasteiger partial charge on any atom is 0.115 e. The van der Waals surface area contributed by atoms with Crippen molar-refractivity contribution in [3.05, 3.63) is 66.7 Å². The van der Waals surface area contributed by atoms with Gasteiger partial charge in [0, 0.05) is 0 Å². The number of epoxide rings is 2. The monoisotopic (exact) mass is 302 g/mol. The Bertz CT molecular complexity index is 442. The molecule has 2 aromatic carbocycles. The number of rotatable bonds is 4. The number of hydrogen-bond donors (Lipinski definition) is 1. The number of aromatic hydroxyl groups is 1. The van der Waals surface area contributed by atoms with Crippen molar-refractivity contribution < 1.29 is 19.3 Å². The van der Waals surface area contributed by atoms with Gasteiger partial charge >= 0.3 is 0 Å². The van der Waals surface area contributed by atoms with Crippen LogP contribution in [0.4, 0.5) is 0 Å². The Hall–Kier alpha value is -1.88. The zero-order chi connectivity index (χ0) is 15.5. The van der Waals surface area contributed by atoms with E-state index in [4.69, 9.17) is 19.3 Å². The summed E-state index contributed by atoms with van der Waals surface area (Å²) in [6, 6.07) is 20.7. The van der Waals surface area contributed by atoms with Crippen LogP contribution in [-0.4, -0.2) is 43.7 Å². The van der Waals surface area contributed by atoms with Crippen molar-refractivity contribution in [1.82, 2.24) is 0 Å². The summed E-state index contributed by atoms with van der Waals surface area (Å²) < 4.78 is 15.1. The molecule has 2 saturated heterocycles. The molecule has 4 nitrogen and oxygen atoms in total. The normalized spacial score (nSPS) is 20.7. The fourth-order valence-electron chi connectivity index (χ4n) is 1.47. The summed E-state index contributed by atoms with van der Waals surface area (Å²) in [7, 11) is 0. The van der Waals surface area contributed by atoms with E-state index in [0.29, 0.717) is 18.0 Å². The van der Waals surface area contributed by atoms with Crippen molar-refractivity contribution in [3.8, 4) is 5.75 Å². The lowest BCUT2D eigenvalue weighted by atomic mass is 10.3. The first kappa shape index (κ1) is 16.5. The van der Waals surface area contributed by atoms with E-state index in [1.165, 1.54) is 0 Å². The molecule has 2 aliphatic heterocycles. The molecule has 2 atom stereocenters. The Kier molecular flexibility index (Phi) is 7.46. The molecule has 2 aromatic rings. The van der Waals surface area contributed by atoms with Gasteiger partial charge < -0.3 is 19.3 Å². The molecule has 0 aliphatic carbocycles. The van der Waals surface area contributed by atoms with E-state index in [1.807, 2.05) is 42.5 Å². The summed E-state index contributed by atoms with van der Waals surface area (Å²) in [5.41, 5.74) is 0. The summed E-state index contributed by atoms with van der Waals surface area (Å²) in [4.78, 5) is 0. The molecule has 22 heavy (non-hydrogen) atoms. The zero-order valence-electron chi connectivity index (χ0n) is 12.5. The van der Waals surface area contributed by atoms with Crippen molar-refractivity contribution in [2.24, 2.45) is 0 Å². The average molecular weight is 302 g/mol. The Labute approximate surface area is 131 Å². The lowest BCUT2D eigenvalue weighted by Crippen LogP contribution is -2.06. The van der Waals surface area contributed by atoms with Gasteiger partial charge in [0.15, 0.2) is 0 Å². The van der Waals surface area contributed by atoms with Crippen LogP contribution in [0.5, 0.6) is 5.75 Å². The number of hydrogen-bond acceptors (Lipinski definition) is 4. The van der Waals surface area contributed by atoms with Gasteiger partial charge in [-0.2, -0.15) is 0 Å². The minimum Gasteiger partial charge on any atom is -0.508 e. The van der Waals surface area contributed by atoms with Crippen LogP contribution < -0.4 is 0 Å². The standard InChI is InChI=1S/C6H10O3.C6H6O.C6H6/c1(5-3-8-5)7-2-6-4-9-6;7-6-4-2-1-3-5-6;1-2-4-6-5-3-1/h5-6H,1-4H2;1-5,7H;1-6H. The second kappa shape index (κ2) is 9.95. The fraction of sp³-hybridized carbons (Fsp3) is 0.333. The molecular weight excluding hydrogens is 280 g/mol. The Morgan fingerprint density at radius 2 is 1.14 bits per heavy atom. The molecule has 2 heterocycles. The van der Waals surface area contributed by atoms with Crippen LogP contribution in [0, 0.1) is 0 Å². The molecule has 4 rings (SSSR count). The van der Waals surface area contributed by atoms with Gasteiger partial charge in [-0.05, 0) is 12.1 Å². The van der Waals surface area contributed by atoms with E-state index in [-0.39, 0.29) is 0 Å². The zero-order valence-corrected chi connectivity index (χ0v) is 12.5. The molecule has 0 bridgehead atoms. The van der Waals surface area contributed by atoms with E-state index in [9.17, 15) is 0 Å². The third-order valence-electron chi connectivity index (χ3n) is 2.84. The highest BCUT2D eigenvalue weighted by Gasteiger charge is 2.26. The van der Waals surface area contributed by atoms with E-state index in [2.05, 4.69) is 0 Å². The van der Waals surface area contributed by atoms with Gasteiger partial charge in [0.2, 0.25) is 0 Å². The number of phenolic OH excluding ortho intramolecular Hbond substituents is 1. The van der Waals surface area contributed by atoms with Gasteiger partial charge in [-0.3, -0.25) is 0 Å². The maximum absolute atomic E-state index is 8.63. The molecule has 4 heteroatoms. The van der Waals surface area contributed by atoms with Gasteiger partial charge in [0.1, 0.15) is 18.0 Å². The van der Waals surface area contributed by atoms with Gasteiger partial charge in [-0.25, -0.2) is 0 Å². The van der Waals surface area contributed by atoms with Gasteiger partial charge in [0.25, 0.3) is 0 Å². The lowest BCUT2D eigenvalue weighted by molar-refractivity contribution is 0.102. The topological polar surface area (TPSA) is 54.5 Å². The second-order valence-electron chi connectivity index (χ2n) is 4.94. The number of ether oxygens (including phenoxy) is 3. The molecule has 2 unspecified atom stereocenters. The van der Waals surface area contributed by atoms with Crippen LogP contribution in [0.1, 0.15) is 0 Å². The van der Waals surface area contributed by atoms with Gasteiger partial charge in [-0.15, -0.1) is 0 Å². The largest absolute Gasteiger partial charge is 0.508 e. The van der Waals surface area contributed by atoms with E-state index in [1.54, 1.807) is 24.3 Å². The maximum atomic E-state index is 8.63. The predicted molar refractivity (Wildman–Crippen MR) is 84.8 cm³/mol. The quantitative estimate of drug-likeness (QED) is 0.882. The first-order valence-electron chi connectivity index (χ1n) is 7.39. The minimum atomic E-state index is 0.322. The smallest absolute Gasteiger partial charge is 0.115 e. The number of para-hydroxylation sites is 1. The van der Waals surface area contributed by atoms with Crippen LogP contribution in [0.15, 0.2) is 66.7 Å². The third kappa shape index (κ3) is 9.13. The third-order valence-corrected chi connectivity index (χ3v) is 2.84. The summed E-state index contributed by atoms with van der Waals surface area (Å²) in [5, 5.41) is 8.63. The minimum absolute atomic E-state index is 0.322. The van der Waals surface area contributed by atoms with Crippen molar-refractivity contribution >= 4 is 0 Å². The highest BCUT2D eigenvalue weighted by Crippen LogP contribution is 2.12. The molecule has 2 aliphatic rings. The highest BCUT2D eigenvalue weighted by atomic mass is 16.6. The molecule has 1 N–H and O–H groups in total. The van der Waals surface area contributed by atoms with Crippen LogP contribution in [0.2, 0.25) is 0 Å². The Balaban J connectivity index is 0.000000124. The van der Waals surface area contributed by atoms with Crippen LogP contribution in [-0.2, 0) is 14.2 Å². The van der Waals surface area contributed by atoms with Crippen molar-refractivity contribution in [1.29, 1.82) is 0 Å². The molecule has 0 spiro atoms. The summed E-state index contributed by atoms with van der Waals surface area (Å²) in [5.74, 6) is 0.322. The summed E-state index contributed by atoms with van der Waals surface area (Å²) >= 11 is 0. The summed E-state index contributed by atoms with van der Waals surface area (Å²) in [6.07, 6.45) is 0.785. The van der Waals surface area contributed by atoms with E-state index >= 15 is 0 Å². The average Bonchev–Trinajstić information content (AvgIpc) is 3.47. The number of benzene rings is 2. The molecule has 0 saturated carbocycles. The Morgan fingerprint density at radius 1 is 0.773 bits per heavy atom. The van der Waals surface area contributed by atoms with Gasteiger partial charge in [-0.1, -0.05) is 54.6 Å². The highest BCUT2D eigenvalue weighted by molar-refractivity contribution is 5.18. The lowest BCUT2D eigenvalue weighted by Gasteiger charge is -1.95. The molecule has 0 amide bonds. The summed E-state index contributed by atoms with van der Waals surface area (Å²) in [6.45, 7) is 3.26. The predicted octanol–water partition coefficient (Wildman–Crippen LogP) is 2.88. The molecule has 0 radical (unpaired) electrons. The molecular formula is C18H22O4.